The molecule has 1 atom stereocenters. The number of carbonyl (C=O) groups is 3. The molecule has 0 saturated heterocycles. The molecule has 2 aromatic carbocycles. The molecule has 0 aliphatic rings. The molecule has 190 valence electrons. The van der Waals surface area contributed by atoms with Crippen molar-refractivity contribution in [3.8, 4) is 0 Å². The number of carboxylic acids is 1. The molecule has 0 aliphatic carbocycles. The van der Waals surface area contributed by atoms with E-state index in [4.69, 9.17) is 4.74 Å². The highest BCUT2D eigenvalue weighted by atomic mass is 32.1. The molecule has 0 bridgehead atoms. The van der Waals surface area contributed by atoms with E-state index in [1.807, 2.05) is 42.5 Å². The summed E-state index contributed by atoms with van der Waals surface area (Å²) in [6, 6.07) is 22.7. The van der Waals surface area contributed by atoms with Crippen molar-refractivity contribution in [1.29, 1.82) is 0 Å². The lowest BCUT2D eigenvalue weighted by Crippen LogP contribution is -2.41. The van der Waals surface area contributed by atoms with Gasteiger partial charge in [0.25, 0.3) is 5.91 Å². The number of thiophene rings is 1. The molecule has 0 unspecified atom stereocenters. The topological polar surface area (TPSA) is 105 Å². The largest absolute Gasteiger partial charge is 0.480 e. The van der Waals surface area contributed by atoms with Crippen LogP contribution in [0.2, 0.25) is 0 Å². The number of benzene rings is 2. The first-order valence-corrected chi connectivity index (χ1v) is 12.7. The number of carboxylic acid groups (broad SMARTS) is 1. The first kappa shape index (κ1) is 26.9. The van der Waals surface area contributed by atoms with Gasteiger partial charge in [-0.2, -0.15) is 0 Å². The number of aliphatic carboxylic acids is 1. The van der Waals surface area contributed by atoms with Crippen molar-refractivity contribution in [2.45, 2.75) is 51.2 Å². The molecule has 0 saturated carbocycles. The summed E-state index contributed by atoms with van der Waals surface area (Å²) in [6.45, 7) is 5.54. The van der Waals surface area contributed by atoms with E-state index in [9.17, 15) is 19.5 Å². The van der Waals surface area contributed by atoms with Crippen molar-refractivity contribution in [2.75, 3.05) is 6.54 Å². The summed E-state index contributed by atoms with van der Waals surface area (Å²) in [4.78, 5) is 37.8. The van der Waals surface area contributed by atoms with Gasteiger partial charge in [0.05, 0.1) is 4.88 Å². The molecular formula is C28H32N2O5S. The molecular weight excluding hydrogens is 476 g/mol. The van der Waals surface area contributed by atoms with Crippen LogP contribution in [0, 0.1) is 0 Å². The minimum atomic E-state index is -1.12. The average molecular weight is 509 g/mol. The van der Waals surface area contributed by atoms with Crippen LogP contribution in [-0.2, 0) is 9.53 Å². The van der Waals surface area contributed by atoms with E-state index in [-0.39, 0.29) is 18.9 Å². The summed E-state index contributed by atoms with van der Waals surface area (Å²) >= 11 is 1.35. The van der Waals surface area contributed by atoms with Gasteiger partial charge in [-0.15, -0.1) is 11.3 Å². The normalized spacial score (nSPS) is 12.1. The van der Waals surface area contributed by atoms with E-state index in [0.29, 0.717) is 11.3 Å². The number of rotatable bonds is 10. The van der Waals surface area contributed by atoms with Gasteiger partial charge in [0.15, 0.2) is 0 Å². The van der Waals surface area contributed by atoms with Crippen LogP contribution >= 0.6 is 11.3 Å². The average Bonchev–Trinajstić information content (AvgIpc) is 3.31. The molecule has 0 fully saturated rings. The minimum absolute atomic E-state index is 0.0341. The Kier molecular flexibility index (Phi) is 9.25. The summed E-state index contributed by atoms with van der Waals surface area (Å²) in [6.07, 6.45) is -0.0157. The molecule has 3 aromatic rings. The van der Waals surface area contributed by atoms with Crippen LogP contribution in [0.5, 0.6) is 0 Å². The van der Waals surface area contributed by atoms with Crippen LogP contribution in [-0.4, -0.2) is 41.3 Å². The number of nitrogens with one attached hydrogen (secondary N) is 2. The third-order valence-electron chi connectivity index (χ3n) is 5.34. The van der Waals surface area contributed by atoms with Gasteiger partial charge in [-0.3, -0.25) is 4.79 Å². The highest BCUT2D eigenvalue weighted by Gasteiger charge is 2.24. The zero-order chi connectivity index (χ0) is 26.1. The second-order valence-electron chi connectivity index (χ2n) is 9.39. The Balaban J connectivity index is 1.65. The van der Waals surface area contributed by atoms with Gasteiger partial charge >= 0.3 is 12.1 Å². The quantitative estimate of drug-likeness (QED) is 0.317. The van der Waals surface area contributed by atoms with E-state index in [1.165, 1.54) is 11.3 Å². The molecule has 8 heteroatoms. The molecule has 0 spiro atoms. The highest BCUT2D eigenvalue weighted by molar-refractivity contribution is 7.14. The highest BCUT2D eigenvalue weighted by Crippen LogP contribution is 2.36. The molecule has 7 nitrogen and oxygen atoms in total. The Morgan fingerprint density at radius 2 is 1.50 bits per heavy atom. The fraction of sp³-hybridized carbons (Fsp3) is 0.321. The summed E-state index contributed by atoms with van der Waals surface area (Å²) < 4.78 is 5.17. The van der Waals surface area contributed by atoms with Crippen LogP contribution in [0.25, 0.3) is 0 Å². The first-order valence-electron chi connectivity index (χ1n) is 11.8. The van der Waals surface area contributed by atoms with Crippen LogP contribution in [0.15, 0.2) is 72.8 Å². The summed E-state index contributed by atoms with van der Waals surface area (Å²) in [5.74, 6) is -1.59. The molecule has 3 rings (SSSR count). The van der Waals surface area contributed by atoms with E-state index in [1.54, 1.807) is 26.8 Å². The zero-order valence-corrected chi connectivity index (χ0v) is 21.5. The number of amides is 2. The molecule has 1 aromatic heterocycles. The van der Waals surface area contributed by atoms with E-state index >= 15 is 0 Å². The van der Waals surface area contributed by atoms with Gasteiger partial charge < -0.3 is 20.5 Å². The third-order valence-corrected chi connectivity index (χ3v) is 6.49. The summed E-state index contributed by atoms with van der Waals surface area (Å²) in [5.41, 5.74) is 1.61. The standard InChI is InChI=1S/C28H32N2O5S/c1-28(2,3)35-27(34)29-18-10-15-21(26(32)33)30-25(31)23-17-16-22(36-23)24(19-11-6-4-7-12-19)20-13-8-5-9-14-20/h4-9,11-14,16-17,21,24H,10,15,18H2,1-3H3,(H,29,34)(H,30,31)(H,32,33)/t21-/m0/s1. The Labute approximate surface area is 215 Å². The molecule has 3 N–H and O–H groups in total. The second-order valence-corrected chi connectivity index (χ2v) is 10.5. The van der Waals surface area contributed by atoms with Crippen molar-refractivity contribution in [3.63, 3.8) is 0 Å². The van der Waals surface area contributed by atoms with E-state index in [2.05, 4.69) is 34.9 Å². The molecule has 1 heterocycles. The lowest BCUT2D eigenvalue weighted by molar-refractivity contribution is -0.139. The van der Waals surface area contributed by atoms with Crippen LogP contribution in [0.1, 0.15) is 65.2 Å². The van der Waals surface area contributed by atoms with Gasteiger partial charge in [-0.1, -0.05) is 60.7 Å². The number of hydrogen-bond acceptors (Lipinski definition) is 5. The maximum Gasteiger partial charge on any atom is 0.407 e. The van der Waals surface area contributed by atoms with Gasteiger partial charge in [0, 0.05) is 17.3 Å². The van der Waals surface area contributed by atoms with E-state index in [0.717, 1.165) is 16.0 Å². The lowest BCUT2D eigenvalue weighted by atomic mass is 9.90. The SMILES string of the molecule is CC(C)(C)OC(=O)NCCC[C@H](NC(=O)c1ccc(C(c2ccccc2)c2ccccc2)s1)C(=O)O. The molecule has 0 radical (unpaired) electrons. The van der Waals surface area contributed by atoms with Crippen LogP contribution in [0.4, 0.5) is 4.79 Å². The Morgan fingerprint density at radius 3 is 2.03 bits per heavy atom. The minimum Gasteiger partial charge on any atom is -0.480 e. The van der Waals surface area contributed by atoms with Gasteiger partial charge in [0.1, 0.15) is 11.6 Å². The predicted octanol–water partition coefficient (Wildman–Crippen LogP) is 5.42. The second kappa shape index (κ2) is 12.4. The lowest BCUT2D eigenvalue weighted by Gasteiger charge is -2.20. The number of ether oxygens (including phenoxy) is 1. The van der Waals surface area contributed by atoms with E-state index < -0.39 is 29.6 Å². The Hall–Kier alpha value is -3.65. The molecule has 36 heavy (non-hydrogen) atoms. The Bertz CT molecular complexity index is 1120. The fourth-order valence-electron chi connectivity index (χ4n) is 3.74. The van der Waals surface area contributed by atoms with Crippen molar-refractivity contribution in [1.82, 2.24) is 10.6 Å². The summed E-state index contributed by atoms with van der Waals surface area (Å²) in [7, 11) is 0. The van der Waals surface area contributed by atoms with Gasteiger partial charge in [-0.05, 0) is 56.9 Å². The smallest absolute Gasteiger partial charge is 0.407 e. The van der Waals surface area contributed by atoms with Crippen LogP contribution in [0.3, 0.4) is 0 Å². The van der Waals surface area contributed by atoms with Crippen molar-refractivity contribution < 1.29 is 24.2 Å². The Morgan fingerprint density at radius 1 is 0.917 bits per heavy atom. The monoisotopic (exact) mass is 508 g/mol. The first-order chi connectivity index (χ1) is 17.1. The van der Waals surface area contributed by atoms with Crippen molar-refractivity contribution in [3.05, 3.63) is 93.7 Å². The number of carbonyl (C=O) groups excluding carboxylic acids is 2. The van der Waals surface area contributed by atoms with Gasteiger partial charge in [0.2, 0.25) is 0 Å². The molecule has 0 aliphatic heterocycles. The number of alkyl carbamates (subject to hydrolysis) is 1. The van der Waals surface area contributed by atoms with Crippen LogP contribution < -0.4 is 10.6 Å². The van der Waals surface area contributed by atoms with Crippen molar-refractivity contribution in [2.24, 2.45) is 0 Å². The van der Waals surface area contributed by atoms with Crippen molar-refractivity contribution >= 4 is 29.3 Å². The predicted molar refractivity (Wildman–Crippen MR) is 141 cm³/mol. The fourth-order valence-corrected chi connectivity index (χ4v) is 4.81. The maximum atomic E-state index is 12.9. The molecule has 2 amide bonds. The zero-order valence-electron chi connectivity index (χ0n) is 20.7. The maximum absolute atomic E-state index is 12.9. The van der Waals surface area contributed by atoms with Gasteiger partial charge in [-0.25, -0.2) is 9.59 Å². The third kappa shape index (κ3) is 7.95. The number of hydrogen-bond donors (Lipinski definition) is 3. The summed E-state index contributed by atoms with van der Waals surface area (Å²) in [5, 5.41) is 14.8.